The number of anilines is 1. The monoisotopic (exact) mass is 414 g/mol. The number of methoxy groups -OCH3 is 1. The summed E-state index contributed by atoms with van der Waals surface area (Å²) in [6, 6.07) is 11.8. The van der Waals surface area contributed by atoms with E-state index in [-0.39, 0.29) is 24.4 Å². The van der Waals surface area contributed by atoms with Crippen LogP contribution in [0.1, 0.15) is 23.2 Å². The second-order valence-electron chi connectivity index (χ2n) is 6.40. The lowest BCUT2D eigenvalue weighted by molar-refractivity contribution is -0.116. The topological polar surface area (TPSA) is 96.1 Å². The minimum atomic E-state index is -0.936. The number of benzene rings is 2. The Morgan fingerprint density at radius 1 is 1.13 bits per heavy atom. The second kappa shape index (κ2) is 9.64. The summed E-state index contributed by atoms with van der Waals surface area (Å²) in [5.74, 6) is -1.61. The molecule has 3 aromatic rings. The molecule has 0 aliphatic rings. The third kappa shape index (κ3) is 5.19. The van der Waals surface area contributed by atoms with Gasteiger partial charge in [0.25, 0.3) is 5.91 Å². The van der Waals surface area contributed by atoms with Gasteiger partial charge >= 0.3 is 0 Å². The van der Waals surface area contributed by atoms with Crippen molar-refractivity contribution in [3.63, 3.8) is 0 Å². The summed E-state index contributed by atoms with van der Waals surface area (Å²) < 4.78 is 31.8. The number of nitrogens with zero attached hydrogens (tertiary/aromatic N) is 1. The fraction of sp³-hybridized carbons (Fsp3) is 0.190. The van der Waals surface area contributed by atoms with Crippen LogP contribution >= 0.6 is 0 Å². The standard InChI is InChI=1S/C21H20F2N4O3/c1-30-18-6-3-2-5-15(18)17-12-19(27-26-17)25-20(28)7-4-10-24-21(29)14-9-8-13(22)11-16(14)23/h2-3,5-6,8-9,11-12H,4,7,10H2,1H3,(H,24,29)(H2,25,26,27,28). The highest BCUT2D eigenvalue weighted by Crippen LogP contribution is 2.29. The molecule has 0 saturated heterocycles. The molecule has 0 unspecified atom stereocenters. The van der Waals surface area contributed by atoms with Crippen LogP contribution in [-0.4, -0.2) is 35.7 Å². The van der Waals surface area contributed by atoms with Crippen molar-refractivity contribution in [1.29, 1.82) is 0 Å². The molecule has 3 N–H and O–H groups in total. The number of ether oxygens (including phenoxy) is 1. The molecule has 0 bridgehead atoms. The SMILES string of the molecule is COc1ccccc1-c1cc(NC(=O)CCCNC(=O)c2ccc(F)cc2F)n[nH]1. The molecular formula is C21H20F2N4O3. The van der Waals surface area contributed by atoms with E-state index < -0.39 is 17.5 Å². The Balaban J connectivity index is 1.46. The highest BCUT2D eigenvalue weighted by molar-refractivity contribution is 5.94. The summed E-state index contributed by atoms with van der Waals surface area (Å²) in [7, 11) is 1.57. The normalized spacial score (nSPS) is 10.5. The molecule has 0 spiro atoms. The average molecular weight is 414 g/mol. The second-order valence-corrected chi connectivity index (χ2v) is 6.40. The van der Waals surface area contributed by atoms with E-state index in [1.165, 1.54) is 0 Å². The summed E-state index contributed by atoms with van der Waals surface area (Å²) in [4.78, 5) is 24.0. The highest BCUT2D eigenvalue weighted by atomic mass is 19.1. The van der Waals surface area contributed by atoms with Crippen LogP contribution in [0, 0.1) is 11.6 Å². The van der Waals surface area contributed by atoms with Gasteiger partial charge in [0.2, 0.25) is 5.91 Å². The molecule has 0 fully saturated rings. The van der Waals surface area contributed by atoms with E-state index in [1.54, 1.807) is 13.2 Å². The Hall–Kier alpha value is -3.75. The van der Waals surface area contributed by atoms with E-state index in [9.17, 15) is 18.4 Å². The number of carbonyl (C=O) groups excluding carboxylic acids is 2. The predicted molar refractivity (Wildman–Crippen MR) is 107 cm³/mol. The zero-order chi connectivity index (χ0) is 21.5. The van der Waals surface area contributed by atoms with E-state index in [0.29, 0.717) is 29.7 Å². The van der Waals surface area contributed by atoms with Crippen molar-refractivity contribution in [2.24, 2.45) is 0 Å². The zero-order valence-electron chi connectivity index (χ0n) is 16.2. The number of amides is 2. The van der Waals surface area contributed by atoms with Gasteiger partial charge in [-0.25, -0.2) is 8.78 Å². The number of nitrogens with one attached hydrogen (secondary N) is 3. The predicted octanol–water partition coefficient (Wildman–Crippen LogP) is 3.51. The van der Waals surface area contributed by atoms with Crippen molar-refractivity contribution in [2.45, 2.75) is 12.8 Å². The maximum atomic E-state index is 13.6. The van der Waals surface area contributed by atoms with Gasteiger partial charge in [-0.05, 0) is 30.7 Å². The third-order valence-electron chi connectivity index (χ3n) is 4.28. The van der Waals surface area contributed by atoms with Crippen LogP contribution in [0.2, 0.25) is 0 Å². The van der Waals surface area contributed by atoms with Crippen LogP contribution in [0.5, 0.6) is 5.75 Å². The van der Waals surface area contributed by atoms with E-state index >= 15 is 0 Å². The number of carbonyl (C=O) groups is 2. The molecular weight excluding hydrogens is 394 g/mol. The number of aromatic nitrogens is 2. The lowest BCUT2D eigenvalue weighted by Gasteiger charge is -2.06. The molecule has 0 aliphatic carbocycles. The lowest BCUT2D eigenvalue weighted by Crippen LogP contribution is -2.26. The molecule has 9 heteroatoms. The molecule has 3 rings (SSSR count). The Morgan fingerprint density at radius 3 is 2.70 bits per heavy atom. The number of halogens is 2. The molecule has 0 radical (unpaired) electrons. The van der Waals surface area contributed by atoms with Gasteiger partial charge in [-0.3, -0.25) is 14.7 Å². The van der Waals surface area contributed by atoms with E-state index in [4.69, 9.17) is 4.74 Å². The molecule has 1 heterocycles. The average Bonchev–Trinajstić information content (AvgIpc) is 3.19. The van der Waals surface area contributed by atoms with E-state index in [1.807, 2.05) is 24.3 Å². The molecule has 0 saturated carbocycles. The Bertz CT molecular complexity index is 1050. The number of hydrogen-bond acceptors (Lipinski definition) is 4. The molecule has 7 nitrogen and oxygen atoms in total. The van der Waals surface area contributed by atoms with Crippen LogP contribution in [0.25, 0.3) is 11.3 Å². The first-order valence-corrected chi connectivity index (χ1v) is 9.20. The maximum absolute atomic E-state index is 13.6. The number of H-pyrrole nitrogens is 1. The quantitative estimate of drug-likeness (QED) is 0.492. The number of hydrogen-bond donors (Lipinski definition) is 3. The highest BCUT2D eigenvalue weighted by Gasteiger charge is 2.13. The molecule has 156 valence electrons. The molecule has 1 aromatic heterocycles. The van der Waals surface area contributed by atoms with Gasteiger partial charge in [0.05, 0.1) is 18.4 Å². The van der Waals surface area contributed by atoms with Crippen molar-refractivity contribution in [3.8, 4) is 17.0 Å². The van der Waals surface area contributed by atoms with Crippen LogP contribution in [0.4, 0.5) is 14.6 Å². The smallest absolute Gasteiger partial charge is 0.254 e. The first kappa shape index (κ1) is 21.0. The fourth-order valence-corrected chi connectivity index (χ4v) is 2.82. The number of aromatic amines is 1. The Labute approximate surface area is 171 Å². The Morgan fingerprint density at radius 2 is 1.93 bits per heavy atom. The van der Waals surface area contributed by atoms with Gasteiger partial charge in [-0.2, -0.15) is 5.10 Å². The van der Waals surface area contributed by atoms with Crippen LogP contribution in [-0.2, 0) is 4.79 Å². The number of para-hydroxylation sites is 1. The van der Waals surface area contributed by atoms with Crippen molar-refractivity contribution in [1.82, 2.24) is 15.5 Å². The molecule has 0 atom stereocenters. The molecule has 2 amide bonds. The van der Waals surface area contributed by atoms with Gasteiger partial charge in [-0.15, -0.1) is 0 Å². The molecule has 30 heavy (non-hydrogen) atoms. The lowest BCUT2D eigenvalue weighted by atomic mass is 10.1. The largest absolute Gasteiger partial charge is 0.496 e. The third-order valence-corrected chi connectivity index (χ3v) is 4.28. The van der Waals surface area contributed by atoms with Crippen molar-refractivity contribution in [2.75, 3.05) is 19.0 Å². The van der Waals surface area contributed by atoms with Gasteiger partial charge < -0.3 is 15.4 Å². The minimum Gasteiger partial charge on any atom is -0.496 e. The van der Waals surface area contributed by atoms with Crippen molar-refractivity contribution in [3.05, 3.63) is 65.7 Å². The molecule has 0 aliphatic heterocycles. The van der Waals surface area contributed by atoms with Crippen molar-refractivity contribution >= 4 is 17.6 Å². The first-order chi connectivity index (χ1) is 14.5. The summed E-state index contributed by atoms with van der Waals surface area (Å²) in [5.41, 5.74) is 1.25. The molecule has 2 aromatic carbocycles. The summed E-state index contributed by atoms with van der Waals surface area (Å²) in [6.07, 6.45) is 0.465. The van der Waals surface area contributed by atoms with Gasteiger partial charge in [-0.1, -0.05) is 12.1 Å². The number of rotatable bonds is 8. The summed E-state index contributed by atoms with van der Waals surface area (Å²) in [6.45, 7) is 0.163. The van der Waals surface area contributed by atoms with E-state index in [2.05, 4.69) is 20.8 Å². The van der Waals surface area contributed by atoms with Crippen LogP contribution in [0.15, 0.2) is 48.5 Å². The van der Waals surface area contributed by atoms with Crippen molar-refractivity contribution < 1.29 is 23.1 Å². The van der Waals surface area contributed by atoms with Gasteiger partial charge in [0.15, 0.2) is 5.82 Å². The van der Waals surface area contributed by atoms with Gasteiger partial charge in [0.1, 0.15) is 17.4 Å². The van der Waals surface area contributed by atoms with Crippen LogP contribution < -0.4 is 15.4 Å². The van der Waals surface area contributed by atoms with Crippen LogP contribution in [0.3, 0.4) is 0 Å². The van der Waals surface area contributed by atoms with Gasteiger partial charge in [0, 0.05) is 30.7 Å². The Kier molecular flexibility index (Phi) is 6.74. The minimum absolute atomic E-state index is 0.128. The fourth-order valence-electron chi connectivity index (χ4n) is 2.82. The summed E-state index contributed by atoms with van der Waals surface area (Å²) in [5, 5.41) is 12.1. The van der Waals surface area contributed by atoms with E-state index in [0.717, 1.165) is 17.7 Å². The zero-order valence-corrected chi connectivity index (χ0v) is 16.2. The maximum Gasteiger partial charge on any atom is 0.254 e. The summed E-state index contributed by atoms with van der Waals surface area (Å²) >= 11 is 0. The first-order valence-electron chi connectivity index (χ1n) is 9.20.